The fourth-order valence-corrected chi connectivity index (χ4v) is 2.76. The van der Waals surface area contributed by atoms with Crippen molar-refractivity contribution in [3.63, 3.8) is 0 Å². The Labute approximate surface area is 122 Å². The van der Waals surface area contributed by atoms with Gasteiger partial charge in [0, 0.05) is 11.9 Å². The van der Waals surface area contributed by atoms with Crippen LogP contribution in [0.15, 0.2) is 21.4 Å². The Bertz CT molecular complexity index is 820. The number of halogens is 2. The lowest BCUT2D eigenvalue weighted by Gasteiger charge is -2.08. The molecule has 0 amide bonds. The second-order valence-electron chi connectivity index (χ2n) is 3.80. The van der Waals surface area contributed by atoms with Gasteiger partial charge in [-0.25, -0.2) is 22.3 Å². The molecule has 2 aromatic rings. The van der Waals surface area contributed by atoms with Gasteiger partial charge in [-0.2, -0.15) is 0 Å². The van der Waals surface area contributed by atoms with Crippen LogP contribution in [0, 0.1) is 12.7 Å². The van der Waals surface area contributed by atoms with E-state index in [4.69, 9.17) is 21.1 Å². The van der Waals surface area contributed by atoms with Gasteiger partial charge in [0.1, 0.15) is 4.90 Å². The molecule has 0 atom stereocenters. The van der Waals surface area contributed by atoms with Crippen molar-refractivity contribution in [2.24, 2.45) is 0 Å². The number of nitrogens with one attached hydrogen (secondary N) is 1. The lowest BCUT2D eigenvalue weighted by atomic mass is 10.2. The largest absolute Gasteiger partial charge is 0.478 e. The first-order chi connectivity index (χ1) is 9.70. The number of aromatic carboxylic acids is 1. The molecule has 2 rings (SSSR count). The number of aromatic nitrogens is 2. The molecule has 0 aliphatic heterocycles. The summed E-state index contributed by atoms with van der Waals surface area (Å²) in [5.74, 6) is -3.01. The second kappa shape index (κ2) is 5.30. The average molecular weight is 336 g/mol. The van der Waals surface area contributed by atoms with E-state index in [1.54, 1.807) is 0 Å². The van der Waals surface area contributed by atoms with Crippen molar-refractivity contribution in [1.29, 1.82) is 0 Å². The Balaban J connectivity index is 2.52. The molecular formula is C10H7ClFN3O5S. The van der Waals surface area contributed by atoms with E-state index in [-0.39, 0.29) is 10.9 Å². The predicted molar refractivity (Wildman–Crippen MR) is 68.2 cm³/mol. The van der Waals surface area contributed by atoms with Gasteiger partial charge >= 0.3 is 12.0 Å². The smallest absolute Gasteiger partial charge is 0.338 e. The van der Waals surface area contributed by atoms with E-state index in [1.807, 2.05) is 4.72 Å². The van der Waals surface area contributed by atoms with Gasteiger partial charge in [-0.1, -0.05) is 16.7 Å². The molecule has 21 heavy (non-hydrogen) atoms. The van der Waals surface area contributed by atoms with Crippen LogP contribution in [0.2, 0.25) is 5.02 Å². The van der Waals surface area contributed by atoms with Crippen molar-refractivity contribution in [1.82, 2.24) is 10.2 Å². The molecule has 0 unspecified atom stereocenters. The minimum Gasteiger partial charge on any atom is -0.478 e. The maximum atomic E-state index is 14.0. The van der Waals surface area contributed by atoms with E-state index >= 15 is 0 Å². The maximum absolute atomic E-state index is 14.0. The summed E-state index contributed by atoms with van der Waals surface area (Å²) < 4.78 is 44.7. The number of sulfonamides is 1. The molecule has 0 aliphatic rings. The third kappa shape index (κ3) is 3.11. The van der Waals surface area contributed by atoms with Gasteiger partial charge in [0.2, 0.25) is 5.89 Å². The van der Waals surface area contributed by atoms with Crippen molar-refractivity contribution in [2.45, 2.75) is 11.8 Å². The highest BCUT2D eigenvalue weighted by atomic mass is 35.5. The first kappa shape index (κ1) is 15.2. The Kier molecular flexibility index (Phi) is 3.83. The van der Waals surface area contributed by atoms with Crippen molar-refractivity contribution in [2.75, 3.05) is 4.72 Å². The third-order valence-electron chi connectivity index (χ3n) is 2.27. The van der Waals surface area contributed by atoms with Crippen LogP contribution in [0.5, 0.6) is 0 Å². The highest BCUT2D eigenvalue weighted by Crippen LogP contribution is 2.25. The van der Waals surface area contributed by atoms with Crippen molar-refractivity contribution in [3.8, 4) is 0 Å². The van der Waals surface area contributed by atoms with Crippen LogP contribution in [0.3, 0.4) is 0 Å². The fourth-order valence-electron chi connectivity index (χ4n) is 1.42. The molecule has 0 fully saturated rings. The van der Waals surface area contributed by atoms with E-state index in [0.717, 1.165) is 12.1 Å². The summed E-state index contributed by atoms with van der Waals surface area (Å²) in [4.78, 5) is 9.92. The molecule has 0 radical (unpaired) electrons. The summed E-state index contributed by atoms with van der Waals surface area (Å²) in [7, 11) is -4.48. The molecule has 8 nitrogen and oxygen atoms in total. The van der Waals surface area contributed by atoms with Crippen LogP contribution in [0.4, 0.5) is 10.4 Å². The van der Waals surface area contributed by atoms with Crippen molar-refractivity contribution in [3.05, 3.63) is 34.4 Å². The minimum atomic E-state index is -4.48. The highest BCUT2D eigenvalue weighted by Gasteiger charge is 2.26. The molecule has 2 N–H and O–H groups in total. The quantitative estimate of drug-likeness (QED) is 0.871. The fraction of sp³-hybridized carbons (Fsp3) is 0.100. The molecular weight excluding hydrogens is 329 g/mol. The van der Waals surface area contributed by atoms with Crippen LogP contribution in [0.1, 0.15) is 16.2 Å². The second-order valence-corrected chi connectivity index (χ2v) is 5.89. The zero-order valence-corrected chi connectivity index (χ0v) is 11.9. The predicted octanol–water partition coefficient (Wildman–Crippen LogP) is 1.67. The number of benzene rings is 1. The third-order valence-corrected chi connectivity index (χ3v) is 3.81. The first-order valence-electron chi connectivity index (χ1n) is 5.26. The van der Waals surface area contributed by atoms with Crippen LogP contribution in [-0.4, -0.2) is 29.7 Å². The van der Waals surface area contributed by atoms with Crippen molar-refractivity contribution >= 4 is 33.6 Å². The SMILES string of the molecule is Cc1nnc(NS(=O)(=O)c2cc(Cl)cc(C(=O)O)c2F)o1. The number of carboxylic acids is 1. The summed E-state index contributed by atoms with van der Waals surface area (Å²) >= 11 is 5.61. The van der Waals surface area contributed by atoms with E-state index in [0.29, 0.717) is 0 Å². The molecule has 0 saturated carbocycles. The Morgan fingerprint density at radius 2 is 2.10 bits per heavy atom. The van der Waals surface area contributed by atoms with Crippen LogP contribution >= 0.6 is 11.6 Å². The monoisotopic (exact) mass is 335 g/mol. The zero-order chi connectivity index (χ0) is 15.8. The lowest BCUT2D eigenvalue weighted by Crippen LogP contribution is -2.17. The van der Waals surface area contributed by atoms with Crippen LogP contribution in [0.25, 0.3) is 0 Å². The van der Waals surface area contributed by atoms with Gasteiger partial charge in [-0.05, 0) is 12.1 Å². The molecule has 0 aliphatic carbocycles. The number of nitrogens with zero attached hydrogens (tertiary/aromatic N) is 2. The number of carbonyl (C=O) groups is 1. The number of rotatable bonds is 4. The zero-order valence-electron chi connectivity index (χ0n) is 10.3. The number of aryl methyl sites for hydroxylation is 1. The Hall–Kier alpha value is -2.20. The normalized spacial score (nSPS) is 11.4. The number of hydrogen-bond donors (Lipinski definition) is 2. The van der Waals surface area contributed by atoms with Crippen molar-refractivity contribution < 1.29 is 27.1 Å². The van der Waals surface area contributed by atoms with E-state index < -0.39 is 38.3 Å². The molecule has 0 bridgehead atoms. The summed E-state index contributed by atoms with van der Waals surface area (Å²) in [6.45, 7) is 1.42. The number of hydrogen-bond acceptors (Lipinski definition) is 6. The molecule has 0 saturated heterocycles. The lowest BCUT2D eigenvalue weighted by molar-refractivity contribution is 0.0691. The standard InChI is InChI=1S/C10H7ClFN3O5S/c1-4-13-14-10(20-4)15-21(18,19)7-3-5(11)2-6(8(7)12)9(16)17/h2-3H,1H3,(H,14,15)(H,16,17). The van der Waals surface area contributed by atoms with Gasteiger partial charge < -0.3 is 9.52 Å². The van der Waals surface area contributed by atoms with Gasteiger partial charge in [0.15, 0.2) is 5.82 Å². The Morgan fingerprint density at radius 3 is 2.62 bits per heavy atom. The minimum absolute atomic E-state index is 0.0884. The molecule has 1 aromatic heterocycles. The van der Waals surface area contributed by atoms with Gasteiger partial charge in [-0.15, -0.1) is 5.10 Å². The summed E-state index contributed by atoms with van der Waals surface area (Å²) in [5.41, 5.74) is -0.871. The molecule has 11 heteroatoms. The van der Waals surface area contributed by atoms with E-state index in [1.165, 1.54) is 6.92 Å². The molecule has 1 heterocycles. The average Bonchev–Trinajstić information content (AvgIpc) is 2.76. The molecule has 0 spiro atoms. The Morgan fingerprint density at radius 1 is 1.43 bits per heavy atom. The number of anilines is 1. The first-order valence-corrected chi connectivity index (χ1v) is 7.12. The van der Waals surface area contributed by atoms with Crippen LogP contribution in [-0.2, 0) is 10.0 Å². The van der Waals surface area contributed by atoms with Gasteiger partial charge in [0.05, 0.1) is 5.56 Å². The molecule has 1 aromatic carbocycles. The van der Waals surface area contributed by atoms with E-state index in [2.05, 4.69) is 10.2 Å². The van der Waals surface area contributed by atoms with E-state index in [9.17, 15) is 17.6 Å². The summed E-state index contributed by atoms with van der Waals surface area (Å²) in [6.07, 6.45) is 0. The van der Waals surface area contributed by atoms with Gasteiger partial charge in [-0.3, -0.25) is 0 Å². The van der Waals surface area contributed by atoms with Gasteiger partial charge in [0.25, 0.3) is 10.0 Å². The maximum Gasteiger partial charge on any atom is 0.338 e. The highest BCUT2D eigenvalue weighted by molar-refractivity contribution is 7.92. The molecule has 112 valence electrons. The number of carboxylic acid groups (broad SMARTS) is 1. The summed E-state index contributed by atoms with van der Waals surface area (Å²) in [6, 6.07) is 1.09. The summed E-state index contributed by atoms with van der Waals surface area (Å²) in [5, 5.41) is 15.3. The van der Waals surface area contributed by atoms with Crippen LogP contribution < -0.4 is 4.72 Å². The topological polar surface area (TPSA) is 122 Å².